The molecule has 0 atom stereocenters. The summed E-state index contributed by atoms with van der Waals surface area (Å²) in [5.41, 5.74) is 1.09. The van der Waals surface area contributed by atoms with E-state index in [1.165, 1.54) is 4.88 Å². The topological polar surface area (TPSA) is 54.0 Å². The molecule has 7 heteroatoms. The summed E-state index contributed by atoms with van der Waals surface area (Å²) in [4.78, 5) is 17.1. The predicted octanol–water partition coefficient (Wildman–Crippen LogP) is 2.26. The van der Waals surface area contributed by atoms with Crippen LogP contribution in [-0.4, -0.2) is 31.0 Å². The van der Waals surface area contributed by atoms with E-state index in [9.17, 15) is 4.79 Å². The average Bonchev–Trinajstić information content (AvgIpc) is 2.58. The van der Waals surface area contributed by atoms with E-state index in [0.717, 1.165) is 30.1 Å². The van der Waals surface area contributed by atoms with Crippen molar-refractivity contribution in [3.05, 3.63) is 15.6 Å². The Balaban J connectivity index is 0. The normalized spacial score (nSPS) is 9.42. The zero-order valence-electron chi connectivity index (χ0n) is 11.6. The van der Waals surface area contributed by atoms with Gasteiger partial charge >= 0.3 is 0 Å². The third kappa shape index (κ3) is 8.42. The number of amides is 1. The van der Waals surface area contributed by atoms with Crippen LogP contribution in [0.5, 0.6) is 0 Å². The van der Waals surface area contributed by atoms with Gasteiger partial charge in [0.25, 0.3) is 0 Å². The Hall–Kier alpha value is -0.360. The molecular weight excluding hydrogens is 305 g/mol. The fraction of sp³-hybridized carbons (Fsp3) is 0.667. The van der Waals surface area contributed by atoms with E-state index in [4.69, 9.17) is 0 Å². The number of aromatic nitrogens is 1. The maximum atomic E-state index is 11.4. The van der Waals surface area contributed by atoms with Crippen LogP contribution in [0.4, 0.5) is 0 Å². The highest BCUT2D eigenvalue weighted by molar-refractivity contribution is 7.11. The third-order valence-electron chi connectivity index (χ3n) is 2.50. The number of nitrogens with one attached hydrogen (secondary N) is 2. The molecule has 4 nitrogen and oxygen atoms in total. The first kappa shape index (κ1) is 20.9. The Bertz CT molecular complexity index is 372. The van der Waals surface area contributed by atoms with Crippen LogP contribution < -0.4 is 10.6 Å². The molecule has 0 aromatic carbocycles. The number of halogens is 2. The number of carbonyl (C=O) groups excluding carboxylic acids is 1. The minimum atomic E-state index is 0. The maximum absolute atomic E-state index is 11.4. The number of nitrogens with zero attached hydrogens (tertiary/aromatic N) is 1. The summed E-state index contributed by atoms with van der Waals surface area (Å²) in [5, 5.41) is 7.06. The van der Waals surface area contributed by atoms with Crippen molar-refractivity contribution >= 4 is 42.1 Å². The number of hydrogen-bond donors (Lipinski definition) is 2. The lowest BCUT2D eigenvalue weighted by atomic mass is 10.2. The molecule has 1 heterocycles. The van der Waals surface area contributed by atoms with Gasteiger partial charge in [-0.1, -0.05) is 0 Å². The van der Waals surface area contributed by atoms with Crippen molar-refractivity contribution in [2.75, 3.05) is 20.1 Å². The Kier molecular flexibility index (Phi) is 12.6. The fourth-order valence-corrected chi connectivity index (χ4v) is 2.57. The molecule has 0 radical (unpaired) electrons. The van der Waals surface area contributed by atoms with Crippen LogP contribution in [0.2, 0.25) is 0 Å². The van der Waals surface area contributed by atoms with Crippen LogP contribution in [0.15, 0.2) is 0 Å². The standard InChI is InChI=1S/C12H21N3OS.2ClH/c1-9-11(17-10(2)15-9)6-8-14-12(16)5-4-7-13-3;;/h13H,4-8H2,1-3H3,(H,14,16);2*1H. The molecule has 0 spiro atoms. The van der Waals surface area contributed by atoms with E-state index < -0.39 is 0 Å². The molecule has 1 aromatic heterocycles. The largest absolute Gasteiger partial charge is 0.356 e. The molecule has 0 unspecified atom stereocenters. The Morgan fingerprint density at radius 2 is 1.95 bits per heavy atom. The summed E-state index contributed by atoms with van der Waals surface area (Å²) in [7, 11) is 1.90. The van der Waals surface area contributed by atoms with Crippen LogP contribution in [0.25, 0.3) is 0 Å². The fourth-order valence-electron chi connectivity index (χ4n) is 1.63. The first-order chi connectivity index (χ1) is 8.13. The molecule has 112 valence electrons. The van der Waals surface area contributed by atoms with Crippen LogP contribution in [0, 0.1) is 13.8 Å². The molecular formula is C12H23Cl2N3OS. The summed E-state index contributed by atoms with van der Waals surface area (Å²) in [6, 6.07) is 0. The van der Waals surface area contributed by atoms with Gasteiger partial charge in [0, 0.05) is 24.3 Å². The summed E-state index contributed by atoms with van der Waals surface area (Å²) < 4.78 is 0. The summed E-state index contributed by atoms with van der Waals surface area (Å²) in [5.74, 6) is 0.138. The van der Waals surface area contributed by atoms with Gasteiger partial charge in [0.05, 0.1) is 10.7 Å². The molecule has 1 rings (SSSR count). The van der Waals surface area contributed by atoms with Gasteiger partial charge in [-0.15, -0.1) is 36.2 Å². The number of thiazole rings is 1. The van der Waals surface area contributed by atoms with Gasteiger partial charge in [0.15, 0.2) is 0 Å². The molecule has 1 amide bonds. The Morgan fingerprint density at radius 1 is 1.26 bits per heavy atom. The molecule has 0 bridgehead atoms. The van der Waals surface area contributed by atoms with Gasteiger partial charge in [-0.2, -0.15) is 0 Å². The van der Waals surface area contributed by atoms with E-state index >= 15 is 0 Å². The van der Waals surface area contributed by atoms with Gasteiger partial charge in [0.1, 0.15) is 0 Å². The van der Waals surface area contributed by atoms with E-state index in [2.05, 4.69) is 15.6 Å². The van der Waals surface area contributed by atoms with Crippen molar-refractivity contribution in [2.24, 2.45) is 0 Å². The number of hydrogen-bond acceptors (Lipinski definition) is 4. The van der Waals surface area contributed by atoms with Crippen molar-refractivity contribution in [3.63, 3.8) is 0 Å². The highest BCUT2D eigenvalue weighted by Gasteiger charge is 2.05. The SMILES string of the molecule is CNCCCC(=O)NCCc1sc(C)nc1C.Cl.Cl. The first-order valence-corrected chi connectivity index (χ1v) is 6.79. The minimum Gasteiger partial charge on any atom is -0.356 e. The number of rotatable bonds is 7. The number of aryl methyl sites for hydroxylation is 2. The molecule has 0 saturated carbocycles. The zero-order chi connectivity index (χ0) is 12.7. The molecule has 0 aliphatic rings. The molecule has 0 saturated heterocycles. The molecule has 0 fully saturated rings. The Morgan fingerprint density at radius 3 is 2.47 bits per heavy atom. The van der Waals surface area contributed by atoms with E-state index in [0.29, 0.717) is 13.0 Å². The second kappa shape index (κ2) is 11.5. The second-order valence-electron chi connectivity index (χ2n) is 4.05. The highest BCUT2D eigenvalue weighted by Crippen LogP contribution is 2.16. The van der Waals surface area contributed by atoms with Crippen LogP contribution >= 0.6 is 36.2 Å². The molecule has 19 heavy (non-hydrogen) atoms. The lowest BCUT2D eigenvalue weighted by Crippen LogP contribution is -2.26. The second-order valence-corrected chi connectivity index (χ2v) is 5.34. The average molecular weight is 328 g/mol. The van der Waals surface area contributed by atoms with Crippen molar-refractivity contribution in [1.29, 1.82) is 0 Å². The van der Waals surface area contributed by atoms with Crippen LogP contribution in [-0.2, 0) is 11.2 Å². The van der Waals surface area contributed by atoms with Crippen molar-refractivity contribution in [1.82, 2.24) is 15.6 Å². The smallest absolute Gasteiger partial charge is 0.220 e. The molecule has 0 aliphatic heterocycles. The van der Waals surface area contributed by atoms with Crippen LogP contribution in [0.1, 0.15) is 28.4 Å². The van der Waals surface area contributed by atoms with Crippen molar-refractivity contribution in [3.8, 4) is 0 Å². The monoisotopic (exact) mass is 327 g/mol. The molecule has 0 aliphatic carbocycles. The lowest BCUT2D eigenvalue weighted by Gasteiger charge is -2.04. The predicted molar refractivity (Wildman–Crippen MR) is 86.0 cm³/mol. The van der Waals surface area contributed by atoms with Crippen molar-refractivity contribution < 1.29 is 4.79 Å². The van der Waals surface area contributed by atoms with Gasteiger partial charge in [0.2, 0.25) is 5.91 Å². The lowest BCUT2D eigenvalue weighted by molar-refractivity contribution is -0.121. The first-order valence-electron chi connectivity index (χ1n) is 5.97. The van der Waals surface area contributed by atoms with Crippen LogP contribution in [0.3, 0.4) is 0 Å². The van der Waals surface area contributed by atoms with E-state index in [1.54, 1.807) is 11.3 Å². The van der Waals surface area contributed by atoms with Gasteiger partial charge in [-0.05, 0) is 33.9 Å². The zero-order valence-corrected chi connectivity index (χ0v) is 14.1. The van der Waals surface area contributed by atoms with Gasteiger partial charge in [-0.25, -0.2) is 4.98 Å². The summed E-state index contributed by atoms with van der Waals surface area (Å²) in [6.07, 6.45) is 2.37. The molecule has 1 aromatic rings. The van der Waals surface area contributed by atoms with E-state index in [-0.39, 0.29) is 30.7 Å². The molecule has 2 N–H and O–H groups in total. The quantitative estimate of drug-likeness (QED) is 0.755. The maximum Gasteiger partial charge on any atom is 0.220 e. The minimum absolute atomic E-state index is 0. The van der Waals surface area contributed by atoms with Gasteiger partial charge in [-0.3, -0.25) is 4.79 Å². The number of carbonyl (C=O) groups is 1. The van der Waals surface area contributed by atoms with E-state index in [1.807, 2.05) is 20.9 Å². The van der Waals surface area contributed by atoms with Gasteiger partial charge < -0.3 is 10.6 Å². The Labute approximate surface area is 131 Å². The van der Waals surface area contributed by atoms with Crippen molar-refractivity contribution in [2.45, 2.75) is 33.1 Å². The highest BCUT2D eigenvalue weighted by atomic mass is 35.5. The summed E-state index contributed by atoms with van der Waals surface area (Å²) >= 11 is 1.72. The third-order valence-corrected chi connectivity index (χ3v) is 3.64. The summed E-state index contributed by atoms with van der Waals surface area (Å²) in [6.45, 7) is 5.63.